The molecule has 4 nitrogen and oxygen atoms in total. The van der Waals surface area contributed by atoms with Gasteiger partial charge in [-0.25, -0.2) is 0 Å². The van der Waals surface area contributed by atoms with E-state index in [0.29, 0.717) is 18.1 Å². The second-order valence-corrected chi connectivity index (χ2v) is 7.63. The van der Waals surface area contributed by atoms with E-state index in [9.17, 15) is 14.7 Å². The first-order valence-electron chi connectivity index (χ1n) is 8.13. The number of rotatable bonds is 5. The van der Waals surface area contributed by atoms with Crippen LogP contribution in [0.15, 0.2) is 0 Å². The Balaban J connectivity index is 1.96. The van der Waals surface area contributed by atoms with Gasteiger partial charge >= 0.3 is 5.97 Å². The van der Waals surface area contributed by atoms with Gasteiger partial charge in [0.1, 0.15) is 0 Å². The third-order valence-electron chi connectivity index (χ3n) is 5.11. The van der Waals surface area contributed by atoms with Crippen molar-refractivity contribution in [2.75, 3.05) is 6.26 Å². The Morgan fingerprint density at radius 1 is 1.14 bits per heavy atom. The molecule has 0 aromatic rings. The van der Waals surface area contributed by atoms with Crippen molar-refractivity contribution >= 4 is 23.6 Å². The molecule has 0 heterocycles. The highest BCUT2D eigenvalue weighted by atomic mass is 32.2. The Morgan fingerprint density at radius 3 is 2.38 bits per heavy atom. The van der Waals surface area contributed by atoms with E-state index in [1.807, 2.05) is 0 Å². The summed E-state index contributed by atoms with van der Waals surface area (Å²) < 4.78 is 0. The molecule has 2 fully saturated rings. The molecule has 0 spiro atoms. The predicted octanol–water partition coefficient (Wildman–Crippen LogP) is 3.20. The predicted molar refractivity (Wildman–Crippen MR) is 85.5 cm³/mol. The number of amides is 1. The summed E-state index contributed by atoms with van der Waals surface area (Å²) in [5.74, 6) is -0.849. The fraction of sp³-hybridized carbons (Fsp3) is 0.875. The second kappa shape index (κ2) is 7.52. The van der Waals surface area contributed by atoms with Crippen molar-refractivity contribution in [2.24, 2.45) is 5.41 Å². The Bertz CT molecular complexity index is 378. The van der Waals surface area contributed by atoms with Crippen molar-refractivity contribution in [3.63, 3.8) is 0 Å². The average Bonchev–Trinajstić information content (AvgIpc) is 2.74. The van der Waals surface area contributed by atoms with Crippen LogP contribution in [-0.4, -0.2) is 34.5 Å². The minimum absolute atomic E-state index is 0.0646. The Kier molecular flexibility index (Phi) is 5.97. The van der Waals surface area contributed by atoms with Crippen molar-refractivity contribution < 1.29 is 14.7 Å². The van der Waals surface area contributed by atoms with E-state index in [4.69, 9.17) is 0 Å². The highest BCUT2D eigenvalue weighted by molar-refractivity contribution is 7.99. The summed E-state index contributed by atoms with van der Waals surface area (Å²) in [5.41, 5.74) is -0.825. The maximum Gasteiger partial charge on any atom is 0.310 e. The SMILES string of the molecule is CSC1CCCC1NC(=O)CC1(C(=O)O)CCCCCC1. The molecule has 2 unspecified atom stereocenters. The fourth-order valence-corrected chi connectivity index (χ4v) is 4.75. The minimum atomic E-state index is -0.825. The van der Waals surface area contributed by atoms with E-state index in [2.05, 4.69) is 11.6 Å². The summed E-state index contributed by atoms with van der Waals surface area (Å²) >= 11 is 1.81. The van der Waals surface area contributed by atoms with Crippen LogP contribution in [0.5, 0.6) is 0 Å². The lowest BCUT2D eigenvalue weighted by molar-refractivity contribution is -0.153. The molecule has 2 atom stereocenters. The molecule has 5 heteroatoms. The maximum absolute atomic E-state index is 12.4. The van der Waals surface area contributed by atoms with Gasteiger partial charge in [-0.2, -0.15) is 11.8 Å². The highest BCUT2D eigenvalue weighted by Crippen LogP contribution is 2.38. The molecule has 0 aliphatic heterocycles. The van der Waals surface area contributed by atoms with Gasteiger partial charge in [-0.15, -0.1) is 0 Å². The smallest absolute Gasteiger partial charge is 0.310 e. The normalized spacial score (nSPS) is 28.8. The first-order chi connectivity index (χ1) is 10.1. The number of carbonyl (C=O) groups is 2. The van der Waals surface area contributed by atoms with E-state index >= 15 is 0 Å². The number of thioether (sulfide) groups is 1. The molecule has 0 radical (unpaired) electrons. The van der Waals surface area contributed by atoms with Crippen molar-refractivity contribution in [1.29, 1.82) is 0 Å². The van der Waals surface area contributed by atoms with E-state index in [-0.39, 0.29) is 18.4 Å². The average molecular weight is 313 g/mol. The van der Waals surface area contributed by atoms with E-state index in [1.165, 1.54) is 0 Å². The van der Waals surface area contributed by atoms with Crippen molar-refractivity contribution in [1.82, 2.24) is 5.32 Å². The van der Waals surface area contributed by atoms with Gasteiger partial charge in [0.2, 0.25) is 5.91 Å². The first-order valence-corrected chi connectivity index (χ1v) is 9.42. The van der Waals surface area contributed by atoms with Crippen LogP contribution >= 0.6 is 11.8 Å². The van der Waals surface area contributed by atoms with Gasteiger partial charge in [0.15, 0.2) is 0 Å². The number of carboxylic acids is 1. The first kappa shape index (κ1) is 16.7. The van der Waals surface area contributed by atoms with Crippen molar-refractivity contribution in [3.8, 4) is 0 Å². The summed E-state index contributed by atoms with van der Waals surface area (Å²) in [6.07, 6.45) is 10.9. The lowest BCUT2D eigenvalue weighted by Crippen LogP contribution is -2.43. The van der Waals surface area contributed by atoms with Gasteiger partial charge in [0.25, 0.3) is 0 Å². The lowest BCUT2D eigenvalue weighted by atomic mass is 9.77. The summed E-state index contributed by atoms with van der Waals surface area (Å²) in [7, 11) is 0. The van der Waals surface area contributed by atoms with Crippen LogP contribution in [-0.2, 0) is 9.59 Å². The molecular formula is C16H27NO3S. The van der Waals surface area contributed by atoms with Crippen LogP contribution in [0.3, 0.4) is 0 Å². The zero-order valence-electron chi connectivity index (χ0n) is 12.9. The van der Waals surface area contributed by atoms with Crippen LogP contribution in [0.4, 0.5) is 0 Å². The molecule has 0 saturated heterocycles. The van der Waals surface area contributed by atoms with Gasteiger partial charge in [-0.3, -0.25) is 9.59 Å². The summed E-state index contributed by atoms with van der Waals surface area (Å²) in [5, 5.41) is 13.2. The van der Waals surface area contributed by atoms with Gasteiger partial charge in [0.05, 0.1) is 5.41 Å². The number of aliphatic carboxylic acids is 1. The molecule has 1 amide bonds. The van der Waals surface area contributed by atoms with E-state index < -0.39 is 11.4 Å². The van der Waals surface area contributed by atoms with Crippen LogP contribution < -0.4 is 5.32 Å². The molecule has 2 rings (SSSR count). The lowest BCUT2D eigenvalue weighted by Gasteiger charge is -2.28. The molecule has 21 heavy (non-hydrogen) atoms. The van der Waals surface area contributed by atoms with Gasteiger partial charge < -0.3 is 10.4 Å². The van der Waals surface area contributed by atoms with Crippen LogP contribution in [0.2, 0.25) is 0 Å². The Hall–Kier alpha value is -0.710. The van der Waals surface area contributed by atoms with E-state index in [0.717, 1.165) is 44.9 Å². The van der Waals surface area contributed by atoms with E-state index in [1.54, 1.807) is 11.8 Å². The zero-order chi connectivity index (χ0) is 15.3. The van der Waals surface area contributed by atoms with Gasteiger partial charge in [-0.1, -0.05) is 32.1 Å². The van der Waals surface area contributed by atoms with Crippen LogP contribution in [0.1, 0.15) is 64.2 Å². The minimum Gasteiger partial charge on any atom is -0.481 e. The quantitative estimate of drug-likeness (QED) is 0.765. The third-order valence-corrected chi connectivity index (χ3v) is 6.28. The summed E-state index contributed by atoms with van der Waals surface area (Å²) in [6.45, 7) is 0. The second-order valence-electron chi connectivity index (χ2n) is 6.56. The highest BCUT2D eigenvalue weighted by Gasteiger charge is 2.41. The zero-order valence-corrected chi connectivity index (χ0v) is 13.7. The number of nitrogens with one attached hydrogen (secondary N) is 1. The van der Waals surface area contributed by atoms with Gasteiger partial charge in [-0.05, 0) is 31.9 Å². The largest absolute Gasteiger partial charge is 0.481 e. The molecule has 0 aromatic heterocycles. The number of carbonyl (C=O) groups excluding carboxylic acids is 1. The van der Waals surface area contributed by atoms with Gasteiger partial charge in [0, 0.05) is 17.7 Å². The van der Waals surface area contributed by atoms with Crippen LogP contribution in [0.25, 0.3) is 0 Å². The molecule has 0 bridgehead atoms. The molecule has 2 N–H and O–H groups in total. The fourth-order valence-electron chi connectivity index (χ4n) is 3.81. The molecule has 2 aliphatic carbocycles. The van der Waals surface area contributed by atoms with Crippen molar-refractivity contribution in [3.05, 3.63) is 0 Å². The topological polar surface area (TPSA) is 66.4 Å². The Labute approximate surface area is 131 Å². The monoisotopic (exact) mass is 313 g/mol. The molecule has 120 valence electrons. The number of hydrogen-bond donors (Lipinski definition) is 2. The standard InChI is InChI=1S/C16H27NO3S/c1-21-13-8-6-7-12(13)17-14(18)11-16(15(19)20)9-4-2-3-5-10-16/h12-13H,2-11H2,1H3,(H,17,18)(H,19,20). The molecule has 0 aromatic carbocycles. The van der Waals surface area contributed by atoms with Crippen LogP contribution in [0, 0.1) is 5.41 Å². The number of carboxylic acid groups (broad SMARTS) is 1. The molecule has 2 aliphatic rings. The van der Waals surface area contributed by atoms with Crippen molar-refractivity contribution in [2.45, 2.75) is 75.5 Å². The summed E-state index contributed by atoms with van der Waals surface area (Å²) in [4.78, 5) is 24.1. The molecular weight excluding hydrogens is 286 g/mol. The number of hydrogen-bond acceptors (Lipinski definition) is 3. The summed E-state index contributed by atoms with van der Waals surface area (Å²) in [6, 6.07) is 0.226. The maximum atomic E-state index is 12.4. The molecule has 2 saturated carbocycles. The third kappa shape index (κ3) is 4.15. The Morgan fingerprint density at radius 2 is 1.81 bits per heavy atom.